The van der Waals surface area contributed by atoms with E-state index in [0.717, 1.165) is 7.05 Å². The van der Waals surface area contributed by atoms with Crippen LogP contribution in [0.15, 0.2) is 58.3 Å². The number of nitrogens with two attached hydrogens (primary N) is 1. The van der Waals surface area contributed by atoms with Crippen molar-refractivity contribution in [2.24, 2.45) is 5.73 Å². The maximum absolute atomic E-state index is 14.8. The largest absolute Gasteiger partial charge is 0.503 e. The van der Waals surface area contributed by atoms with Crippen molar-refractivity contribution in [3.05, 3.63) is 76.8 Å². The third kappa shape index (κ3) is 6.82. The maximum atomic E-state index is 14.8. The van der Waals surface area contributed by atoms with E-state index in [4.69, 9.17) is 22.1 Å². The summed E-state index contributed by atoms with van der Waals surface area (Å²) in [4.78, 5) is 9.73. The lowest BCUT2D eigenvalue weighted by Crippen LogP contribution is -2.43. The van der Waals surface area contributed by atoms with Crippen molar-refractivity contribution in [2.75, 3.05) is 26.7 Å². The summed E-state index contributed by atoms with van der Waals surface area (Å²) < 4.78 is 115. The molecule has 40 heavy (non-hydrogen) atoms. The van der Waals surface area contributed by atoms with Crippen LogP contribution in [0.1, 0.15) is 0 Å². The summed E-state index contributed by atoms with van der Waals surface area (Å²) in [7, 11) is -8.54. The molecule has 0 saturated carbocycles. The summed E-state index contributed by atoms with van der Waals surface area (Å²) in [6.07, 6.45) is 0. The Morgan fingerprint density at radius 3 is 1.85 bits per heavy atom. The smallest absolute Gasteiger partial charge is 0.243 e. The maximum Gasteiger partial charge on any atom is 0.243 e. The fourth-order valence-corrected chi connectivity index (χ4v) is 5.99. The summed E-state index contributed by atoms with van der Waals surface area (Å²) in [5, 5.41) is 9.52. The lowest BCUT2D eigenvalue weighted by molar-refractivity contribution is -0.118. The number of phenolic OH excluding ortho intramolecular Hbond substituents is 1. The van der Waals surface area contributed by atoms with E-state index in [9.17, 15) is 44.3 Å². The summed E-state index contributed by atoms with van der Waals surface area (Å²) in [5.41, 5.74) is 5.12. The fraction of sp³-hybridized carbons (Fsp3) is 0.174. The van der Waals surface area contributed by atoms with Crippen LogP contribution < -0.4 is 10.5 Å². The van der Waals surface area contributed by atoms with Crippen LogP contribution in [0.25, 0.3) is 0 Å². The second kappa shape index (κ2) is 12.0. The van der Waals surface area contributed by atoms with Gasteiger partial charge in [0.05, 0.1) is 16.3 Å². The van der Waals surface area contributed by atoms with Gasteiger partial charge in [-0.2, -0.15) is 8.61 Å². The summed E-state index contributed by atoms with van der Waals surface area (Å²) in [6.45, 7) is -2.47. The van der Waals surface area contributed by atoms with E-state index in [0.29, 0.717) is 37.9 Å². The Balaban J connectivity index is 1.87. The first-order valence-electron chi connectivity index (χ1n) is 10.9. The number of aromatic hydroxyl groups is 1. The van der Waals surface area contributed by atoms with Gasteiger partial charge in [-0.1, -0.05) is 11.6 Å². The molecule has 0 atom stereocenters. The van der Waals surface area contributed by atoms with Gasteiger partial charge in [0, 0.05) is 25.2 Å². The predicted octanol–water partition coefficient (Wildman–Crippen LogP) is 3.19. The molecule has 0 aliphatic carbocycles. The average molecular weight is 626 g/mol. The summed E-state index contributed by atoms with van der Waals surface area (Å²) >= 11 is 5.75. The Morgan fingerprint density at radius 1 is 0.875 bits per heavy atom. The highest BCUT2D eigenvalue weighted by molar-refractivity contribution is 7.89. The molecule has 3 N–H and O–H groups in total. The number of carbonyl (C=O) groups is 1. The van der Waals surface area contributed by atoms with E-state index in [1.165, 1.54) is 24.3 Å². The molecular weight excluding hydrogens is 606 g/mol. The Kier molecular flexibility index (Phi) is 9.31. The molecule has 0 heterocycles. The Hall–Kier alpha value is -3.44. The van der Waals surface area contributed by atoms with Crippen molar-refractivity contribution in [1.82, 2.24) is 8.61 Å². The standard InChI is InChI=1S/C23H20ClF4N3O7S2/c1-30(39(34,35)15-8-17(25)22(33)18(26)9-15)6-7-31(12-21(29)32)40(36,37)16-10-19(27)23(20(28)11-16)38-14-4-2-13(24)3-5-14/h2-5,8-11,33H,6-7,12H2,1H3,(H2,29,32). The number of carbonyl (C=O) groups excluding carboxylic acids is 1. The minimum Gasteiger partial charge on any atom is -0.503 e. The van der Waals surface area contributed by atoms with Gasteiger partial charge in [-0.05, 0) is 48.5 Å². The first kappa shape index (κ1) is 31.1. The van der Waals surface area contributed by atoms with Crippen LogP contribution in [-0.4, -0.2) is 63.1 Å². The van der Waals surface area contributed by atoms with Gasteiger partial charge in [0.2, 0.25) is 26.0 Å². The number of benzene rings is 3. The number of hydrogen-bond donors (Lipinski definition) is 2. The minimum atomic E-state index is -4.86. The number of halogens is 5. The highest BCUT2D eigenvalue weighted by atomic mass is 35.5. The van der Waals surface area contributed by atoms with Crippen molar-refractivity contribution >= 4 is 37.6 Å². The third-order valence-corrected chi connectivity index (χ3v) is 9.25. The van der Waals surface area contributed by atoms with Crippen molar-refractivity contribution in [3.8, 4) is 17.2 Å². The molecule has 3 aromatic rings. The molecule has 0 spiro atoms. The molecule has 1 amide bonds. The van der Waals surface area contributed by atoms with E-state index in [1.807, 2.05) is 0 Å². The quantitative estimate of drug-likeness (QED) is 0.311. The fourth-order valence-electron chi connectivity index (χ4n) is 3.25. The normalized spacial score (nSPS) is 12.2. The number of rotatable bonds is 11. The molecule has 216 valence electrons. The number of likely N-dealkylation sites (N-methyl/N-ethyl adjacent to an activating group) is 1. The molecular formula is C23H20ClF4N3O7S2. The van der Waals surface area contributed by atoms with Gasteiger partial charge in [-0.3, -0.25) is 4.79 Å². The third-order valence-electron chi connectivity index (χ3n) is 5.34. The van der Waals surface area contributed by atoms with E-state index in [2.05, 4.69) is 0 Å². The molecule has 0 radical (unpaired) electrons. The van der Waals surface area contributed by atoms with Crippen LogP contribution in [-0.2, 0) is 24.8 Å². The molecule has 0 aromatic heterocycles. The van der Waals surface area contributed by atoms with E-state index in [-0.39, 0.29) is 5.75 Å². The predicted molar refractivity (Wildman–Crippen MR) is 134 cm³/mol. The molecule has 0 saturated heterocycles. The number of amides is 1. The number of primary amides is 1. The highest BCUT2D eigenvalue weighted by Gasteiger charge is 2.31. The summed E-state index contributed by atoms with van der Waals surface area (Å²) in [5.74, 6) is -9.46. The number of ether oxygens (including phenoxy) is 1. The van der Waals surface area contributed by atoms with E-state index < -0.39 is 90.1 Å². The average Bonchev–Trinajstić information content (AvgIpc) is 2.87. The van der Waals surface area contributed by atoms with Crippen molar-refractivity contribution in [3.63, 3.8) is 0 Å². The van der Waals surface area contributed by atoms with Crippen LogP contribution in [0, 0.1) is 23.3 Å². The zero-order valence-electron chi connectivity index (χ0n) is 20.3. The van der Waals surface area contributed by atoms with Gasteiger partial charge in [-0.15, -0.1) is 0 Å². The van der Waals surface area contributed by atoms with E-state index in [1.54, 1.807) is 0 Å². The van der Waals surface area contributed by atoms with Crippen LogP contribution in [0.3, 0.4) is 0 Å². The molecule has 0 aliphatic rings. The van der Waals surface area contributed by atoms with Crippen molar-refractivity contribution in [2.45, 2.75) is 9.79 Å². The second-order valence-corrected chi connectivity index (χ2v) is 12.6. The molecule has 0 fully saturated rings. The lowest BCUT2D eigenvalue weighted by atomic mass is 10.3. The van der Waals surface area contributed by atoms with Crippen LogP contribution in [0.5, 0.6) is 17.2 Å². The van der Waals surface area contributed by atoms with Crippen molar-refractivity contribution in [1.29, 1.82) is 0 Å². The molecule has 0 bridgehead atoms. The molecule has 0 aliphatic heterocycles. The molecule has 3 aromatic carbocycles. The molecule has 3 rings (SSSR count). The monoisotopic (exact) mass is 625 g/mol. The second-order valence-electron chi connectivity index (χ2n) is 8.14. The topological polar surface area (TPSA) is 147 Å². The lowest BCUT2D eigenvalue weighted by Gasteiger charge is -2.24. The van der Waals surface area contributed by atoms with Crippen LogP contribution in [0.4, 0.5) is 17.6 Å². The number of hydrogen-bond acceptors (Lipinski definition) is 7. The van der Waals surface area contributed by atoms with Crippen LogP contribution in [0.2, 0.25) is 5.02 Å². The SMILES string of the molecule is CN(CCN(CC(N)=O)S(=O)(=O)c1cc(F)c(Oc2ccc(Cl)cc2)c(F)c1)S(=O)(=O)c1cc(F)c(O)c(F)c1. The van der Waals surface area contributed by atoms with Gasteiger partial charge < -0.3 is 15.6 Å². The zero-order chi connectivity index (χ0) is 30.0. The molecule has 10 nitrogen and oxygen atoms in total. The van der Waals surface area contributed by atoms with Gasteiger partial charge in [-0.25, -0.2) is 34.4 Å². The van der Waals surface area contributed by atoms with Gasteiger partial charge in [0.15, 0.2) is 34.8 Å². The minimum absolute atomic E-state index is 0.00852. The number of nitrogens with zero attached hydrogens (tertiary/aromatic N) is 2. The van der Waals surface area contributed by atoms with Gasteiger partial charge in [0.25, 0.3) is 0 Å². The number of sulfonamides is 2. The summed E-state index contributed by atoms with van der Waals surface area (Å²) in [6, 6.07) is 6.96. The molecule has 17 heteroatoms. The highest BCUT2D eigenvalue weighted by Crippen LogP contribution is 2.32. The number of phenols is 1. The van der Waals surface area contributed by atoms with Crippen LogP contribution >= 0.6 is 11.6 Å². The van der Waals surface area contributed by atoms with Crippen molar-refractivity contribution < 1.29 is 49.0 Å². The zero-order valence-corrected chi connectivity index (χ0v) is 22.7. The Morgan fingerprint density at radius 2 is 1.35 bits per heavy atom. The first-order valence-corrected chi connectivity index (χ1v) is 14.1. The Labute approximate surface area is 231 Å². The molecule has 0 unspecified atom stereocenters. The van der Waals surface area contributed by atoms with Gasteiger partial charge in [0.1, 0.15) is 5.75 Å². The first-order chi connectivity index (χ1) is 18.5. The van der Waals surface area contributed by atoms with E-state index >= 15 is 0 Å². The Bertz CT molecular complexity index is 1610. The van der Waals surface area contributed by atoms with Gasteiger partial charge >= 0.3 is 0 Å².